The molecule has 2 rings (SSSR count). The van der Waals surface area contributed by atoms with Gasteiger partial charge in [-0.1, -0.05) is 11.3 Å². The molecule has 1 heterocycles. The van der Waals surface area contributed by atoms with Gasteiger partial charge in [-0.25, -0.2) is 17.6 Å². The van der Waals surface area contributed by atoms with E-state index in [1.54, 1.807) is 0 Å². The van der Waals surface area contributed by atoms with Crippen LogP contribution in [0.4, 0.5) is 10.1 Å². The molecule has 0 bridgehead atoms. The van der Waals surface area contributed by atoms with Crippen LogP contribution >= 0.6 is 11.3 Å². The number of benzene rings is 1. The molecule has 0 unspecified atom stereocenters. The molecule has 0 amide bonds. The molecule has 0 spiro atoms. The first-order chi connectivity index (χ1) is 9.70. The Balaban J connectivity index is 2.37. The molecule has 1 aromatic carbocycles. The van der Waals surface area contributed by atoms with Crippen molar-refractivity contribution in [3.05, 3.63) is 44.9 Å². The predicted octanol–water partition coefficient (Wildman–Crippen LogP) is 1.38. The number of thiazole rings is 1. The molecule has 0 aliphatic heterocycles. The number of aromatic carboxylic acids is 1. The molecular formula is C11H9FN2O5S2. The number of halogens is 1. The standard InChI is InChI=1S/C11H9FN2O5S2/c1-5-10(20-11(17)13-5)21(18,19)14-6-2-3-7(9(15)16)8(12)4-6/h2-4,14H,1H3,(H,13,17)(H,15,16). The maximum absolute atomic E-state index is 13.5. The summed E-state index contributed by atoms with van der Waals surface area (Å²) >= 11 is 0.503. The average Bonchev–Trinajstić information content (AvgIpc) is 2.68. The van der Waals surface area contributed by atoms with E-state index >= 15 is 0 Å². The number of carbonyl (C=O) groups is 1. The fraction of sp³-hybridized carbons (Fsp3) is 0.0909. The van der Waals surface area contributed by atoms with Gasteiger partial charge in [0.15, 0.2) is 4.21 Å². The second-order valence-corrected chi connectivity index (χ2v) is 6.89. The van der Waals surface area contributed by atoms with Gasteiger partial charge in [-0.15, -0.1) is 0 Å². The molecule has 10 heteroatoms. The van der Waals surface area contributed by atoms with Gasteiger partial charge in [0.2, 0.25) is 0 Å². The fourth-order valence-electron chi connectivity index (χ4n) is 1.60. The molecule has 0 aliphatic carbocycles. The van der Waals surface area contributed by atoms with Crippen molar-refractivity contribution in [1.29, 1.82) is 0 Å². The third kappa shape index (κ3) is 3.11. The van der Waals surface area contributed by atoms with Gasteiger partial charge in [-0.3, -0.25) is 9.52 Å². The zero-order chi connectivity index (χ0) is 15.8. The second kappa shape index (κ2) is 5.30. The van der Waals surface area contributed by atoms with E-state index in [-0.39, 0.29) is 15.6 Å². The van der Waals surface area contributed by atoms with Crippen LogP contribution in [0.5, 0.6) is 0 Å². The lowest BCUT2D eigenvalue weighted by atomic mass is 10.2. The van der Waals surface area contributed by atoms with Gasteiger partial charge in [0.1, 0.15) is 5.82 Å². The molecule has 0 saturated heterocycles. The van der Waals surface area contributed by atoms with E-state index in [0.29, 0.717) is 11.3 Å². The summed E-state index contributed by atoms with van der Waals surface area (Å²) in [5, 5.41) is 8.69. The fourth-order valence-corrected chi connectivity index (χ4v) is 3.95. The quantitative estimate of drug-likeness (QED) is 0.782. The Kier molecular flexibility index (Phi) is 3.83. The van der Waals surface area contributed by atoms with E-state index in [4.69, 9.17) is 5.11 Å². The average molecular weight is 332 g/mol. The molecule has 21 heavy (non-hydrogen) atoms. The number of aromatic nitrogens is 1. The van der Waals surface area contributed by atoms with Gasteiger partial charge in [-0.2, -0.15) is 0 Å². The molecule has 7 nitrogen and oxygen atoms in total. The maximum atomic E-state index is 13.5. The van der Waals surface area contributed by atoms with E-state index in [1.165, 1.54) is 6.92 Å². The molecular weight excluding hydrogens is 323 g/mol. The first kappa shape index (κ1) is 15.2. The van der Waals surface area contributed by atoms with Crippen LogP contribution < -0.4 is 9.60 Å². The molecule has 0 radical (unpaired) electrons. The number of rotatable bonds is 4. The molecule has 112 valence electrons. The van der Waals surface area contributed by atoms with Crippen LogP contribution in [0.15, 0.2) is 27.2 Å². The van der Waals surface area contributed by atoms with E-state index in [1.807, 2.05) is 0 Å². The first-order valence-corrected chi connectivity index (χ1v) is 7.76. The van der Waals surface area contributed by atoms with Crippen LogP contribution in [-0.2, 0) is 10.0 Å². The van der Waals surface area contributed by atoms with Crippen LogP contribution in [0.2, 0.25) is 0 Å². The highest BCUT2D eigenvalue weighted by molar-refractivity contribution is 7.94. The maximum Gasteiger partial charge on any atom is 0.338 e. The minimum absolute atomic E-state index is 0.141. The molecule has 2 aromatic rings. The highest BCUT2D eigenvalue weighted by atomic mass is 32.2. The largest absolute Gasteiger partial charge is 0.478 e. The number of H-pyrrole nitrogens is 1. The summed E-state index contributed by atoms with van der Waals surface area (Å²) in [6, 6.07) is 2.82. The molecule has 1 aromatic heterocycles. The van der Waals surface area contributed by atoms with Gasteiger partial charge in [0.25, 0.3) is 10.0 Å². The van der Waals surface area contributed by atoms with Crippen LogP contribution in [0.1, 0.15) is 16.1 Å². The number of aryl methyl sites for hydroxylation is 1. The Morgan fingerprint density at radius 1 is 1.43 bits per heavy atom. The monoisotopic (exact) mass is 332 g/mol. The minimum atomic E-state index is -4.05. The highest BCUT2D eigenvalue weighted by Gasteiger charge is 2.21. The lowest BCUT2D eigenvalue weighted by Gasteiger charge is -2.07. The Morgan fingerprint density at radius 2 is 2.10 bits per heavy atom. The Bertz CT molecular complexity index is 869. The van der Waals surface area contributed by atoms with Crippen LogP contribution in [-0.4, -0.2) is 24.5 Å². The van der Waals surface area contributed by atoms with E-state index in [2.05, 4.69) is 9.71 Å². The number of carboxylic acid groups (broad SMARTS) is 1. The van der Waals surface area contributed by atoms with E-state index in [9.17, 15) is 22.4 Å². The van der Waals surface area contributed by atoms with Gasteiger partial charge >= 0.3 is 10.8 Å². The number of nitrogens with one attached hydrogen (secondary N) is 2. The number of hydrogen-bond donors (Lipinski definition) is 3. The number of anilines is 1. The normalized spacial score (nSPS) is 11.3. The van der Waals surface area contributed by atoms with Gasteiger partial charge < -0.3 is 10.1 Å². The Morgan fingerprint density at radius 3 is 2.57 bits per heavy atom. The van der Waals surface area contributed by atoms with Gasteiger partial charge in [0, 0.05) is 5.69 Å². The van der Waals surface area contributed by atoms with Crippen molar-refractivity contribution < 1.29 is 22.7 Å². The first-order valence-electron chi connectivity index (χ1n) is 5.46. The SMILES string of the molecule is Cc1[nH]c(=O)sc1S(=O)(=O)Nc1ccc(C(=O)O)c(F)c1. The molecule has 0 atom stereocenters. The molecule has 3 N–H and O–H groups in total. The third-order valence-corrected chi connectivity index (χ3v) is 5.46. The van der Waals surface area contributed by atoms with Crippen LogP contribution in [0, 0.1) is 12.7 Å². The summed E-state index contributed by atoms with van der Waals surface area (Å²) in [6.07, 6.45) is 0. The lowest BCUT2D eigenvalue weighted by molar-refractivity contribution is 0.0692. The number of hydrogen-bond acceptors (Lipinski definition) is 5. The van der Waals surface area contributed by atoms with Gasteiger partial charge in [-0.05, 0) is 25.1 Å². The molecule has 0 saturated carbocycles. The Labute approximate surface area is 122 Å². The zero-order valence-electron chi connectivity index (χ0n) is 10.5. The van der Waals surface area contributed by atoms with Crippen molar-refractivity contribution in [3.63, 3.8) is 0 Å². The van der Waals surface area contributed by atoms with Crippen molar-refractivity contribution in [2.24, 2.45) is 0 Å². The van der Waals surface area contributed by atoms with Crippen LogP contribution in [0.3, 0.4) is 0 Å². The van der Waals surface area contributed by atoms with Crippen molar-refractivity contribution in [2.45, 2.75) is 11.1 Å². The van der Waals surface area contributed by atoms with E-state index < -0.39 is 32.2 Å². The van der Waals surface area contributed by atoms with Crippen molar-refractivity contribution in [2.75, 3.05) is 4.72 Å². The summed E-state index contributed by atoms with van der Waals surface area (Å²) in [4.78, 5) is 23.6. The highest BCUT2D eigenvalue weighted by Crippen LogP contribution is 2.22. The lowest BCUT2D eigenvalue weighted by Crippen LogP contribution is -2.13. The molecule has 0 fully saturated rings. The third-order valence-electron chi connectivity index (χ3n) is 2.48. The molecule has 0 aliphatic rings. The summed E-state index contributed by atoms with van der Waals surface area (Å²) in [5.41, 5.74) is -0.543. The zero-order valence-corrected chi connectivity index (χ0v) is 12.1. The topological polar surface area (TPSA) is 116 Å². The predicted molar refractivity (Wildman–Crippen MR) is 73.8 cm³/mol. The summed E-state index contributed by atoms with van der Waals surface area (Å²) in [5.74, 6) is -2.52. The van der Waals surface area contributed by atoms with E-state index in [0.717, 1.165) is 18.2 Å². The smallest absolute Gasteiger partial charge is 0.338 e. The second-order valence-electron chi connectivity index (χ2n) is 4.03. The summed E-state index contributed by atoms with van der Waals surface area (Å²) in [7, 11) is -4.05. The van der Waals surface area contributed by atoms with Crippen molar-refractivity contribution in [1.82, 2.24) is 4.98 Å². The number of sulfonamides is 1. The van der Waals surface area contributed by atoms with Crippen molar-refractivity contribution >= 4 is 33.0 Å². The Hall–Kier alpha value is -2.20. The number of aromatic amines is 1. The summed E-state index contributed by atoms with van der Waals surface area (Å²) in [6.45, 7) is 1.42. The minimum Gasteiger partial charge on any atom is -0.478 e. The summed E-state index contributed by atoms with van der Waals surface area (Å²) < 4.78 is 39.5. The van der Waals surface area contributed by atoms with Crippen LogP contribution in [0.25, 0.3) is 0 Å². The number of carboxylic acids is 1. The van der Waals surface area contributed by atoms with Crippen molar-refractivity contribution in [3.8, 4) is 0 Å². The van der Waals surface area contributed by atoms with Gasteiger partial charge in [0.05, 0.1) is 11.3 Å².